The van der Waals surface area contributed by atoms with E-state index in [-0.39, 0.29) is 11.6 Å². The molecule has 5 heteroatoms. The molecule has 0 unspecified atom stereocenters. The van der Waals surface area contributed by atoms with Gasteiger partial charge in [0, 0.05) is 38.8 Å². The Morgan fingerprint density at radius 1 is 1.28 bits per heavy atom. The van der Waals surface area contributed by atoms with Crippen LogP contribution in [0.25, 0.3) is 0 Å². The average molecular weight is 258 g/mol. The minimum atomic E-state index is -2.97. The van der Waals surface area contributed by atoms with Crippen molar-refractivity contribution in [1.29, 1.82) is 0 Å². The SMILES string of the molecule is C=C(C=CC(=C)C(C)(F)F)N(C)C(=O)N(C)CC. The quantitative estimate of drug-likeness (QED) is 0.694. The van der Waals surface area contributed by atoms with Gasteiger partial charge in [-0.1, -0.05) is 19.2 Å². The van der Waals surface area contributed by atoms with Gasteiger partial charge in [-0.3, -0.25) is 4.90 Å². The number of hydrogen-bond donors (Lipinski definition) is 0. The summed E-state index contributed by atoms with van der Waals surface area (Å²) in [6.45, 7) is 10.1. The van der Waals surface area contributed by atoms with E-state index < -0.39 is 5.92 Å². The number of alkyl halides is 2. The molecule has 2 amide bonds. The molecule has 102 valence electrons. The highest BCUT2D eigenvalue weighted by molar-refractivity contribution is 5.76. The first-order chi connectivity index (χ1) is 8.11. The molecule has 0 aliphatic heterocycles. The number of urea groups is 1. The standard InChI is InChI=1S/C13H20F2N2O/c1-7-16(5)12(18)17(6)11(3)9-8-10(2)13(4,14)15/h8-9H,2-3,7H2,1,4-6H3. The normalized spacial score (nSPS) is 11.4. The van der Waals surface area contributed by atoms with E-state index in [1.54, 1.807) is 7.05 Å². The lowest BCUT2D eigenvalue weighted by Crippen LogP contribution is -2.37. The Bertz CT molecular complexity index is 370. The molecule has 0 aromatic rings. The highest BCUT2D eigenvalue weighted by Gasteiger charge is 2.23. The van der Waals surface area contributed by atoms with Crippen LogP contribution in [-0.4, -0.2) is 42.4 Å². The lowest BCUT2D eigenvalue weighted by molar-refractivity contribution is 0.0680. The van der Waals surface area contributed by atoms with Gasteiger partial charge in [-0.05, 0) is 13.0 Å². The van der Waals surface area contributed by atoms with Crippen LogP contribution in [0.4, 0.5) is 13.6 Å². The molecule has 0 bridgehead atoms. The summed E-state index contributed by atoms with van der Waals surface area (Å²) < 4.78 is 25.7. The monoisotopic (exact) mass is 258 g/mol. The van der Waals surface area contributed by atoms with Gasteiger partial charge < -0.3 is 4.90 Å². The molecule has 3 nitrogen and oxygen atoms in total. The van der Waals surface area contributed by atoms with Crippen LogP contribution >= 0.6 is 0 Å². The Balaban J connectivity index is 4.65. The predicted molar refractivity (Wildman–Crippen MR) is 69.5 cm³/mol. The number of hydrogen-bond acceptors (Lipinski definition) is 1. The van der Waals surface area contributed by atoms with Crippen molar-refractivity contribution in [2.45, 2.75) is 19.8 Å². The van der Waals surface area contributed by atoms with Crippen LogP contribution in [0.2, 0.25) is 0 Å². The fourth-order valence-corrected chi connectivity index (χ4v) is 0.969. The van der Waals surface area contributed by atoms with Crippen molar-refractivity contribution in [3.05, 3.63) is 36.6 Å². The van der Waals surface area contributed by atoms with Crippen molar-refractivity contribution < 1.29 is 13.6 Å². The van der Waals surface area contributed by atoms with Crippen molar-refractivity contribution in [3.63, 3.8) is 0 Å². The van der Waals surface area contributed by atoms with Crippen LogP contribution in [0.3, 0.4) is 0 Å². The second kappa shape index (κ2) is 6.33. The minimum absolute atomic E-state index is 0.249. The van der Waals surface area contributed by atoms with Gasteiger partial charge in [0.1, 0.15) is 0 Å². The second-order valence-corrected chi connectivity index (χ2v) is 4.09. The summed E-state index contributed by atoms with van der Waals surface area (Å²) in [6, 6.07) is -0.249. The fraction of sp³-hybridized carbons (Fsp3) is 0.462. The lowest BCUT2D eigenvalue weighted by Gasteiger charge is -2.24. The summed E-state index contributed by atoms with van der Waals surface area (Å²) in [5.41, 5.74) is -0.000884. The van der Waals surface area contributed by atoms with Crippen LogP contribution in [0, 0.1) is 0 Å². The van der Waals surface area contributed by atoms with Crippen molar-refractivity contribution in [2.24, 2.45) is 0 Å². The molecule has 0 aliphatic carbocycles. The van der Waals surface area contributed by atoms with Crippen molar-refractivity contribution in [3.8, 4) is 0 Å². The number of carbonyl (C=O) groups excluding carboxylic acids is 1. The van der Waals surface area contributed by atoms with Gasteiger partial charge in [-0.15, -0.1) is 0 Å². The number of halogens is 2. The molecule has 0 atom stereocenters. The number of amides is 2. The van der Waals surface area contributed by atoms with Gasteiger partial charge >= 0.3 is 6.03 Å². The molecule has 0 aromatic carbocycles. The van der Waals surface area contributed by atoms with E-state index in [1.165, 1.54) is 22.9 Å². The maximum Gasteiger partial charge on any atom is 0.323 e. The molecular formula is C13H20F2N2O. The molecular weight excluding hydrogens is 238 g/mol. The smallest absolute Gasteiger partial charge is 0.323 e. The fourth-order valence-electron chi connectivity index (χ4n) is 0.969. The molecule has 0 N–H and O–H groups in total. The van der Waals surface area contributed by atoms with Gasteiger partial charge in [0.05, 0.1) is 0 Å². The number of allylic oxidation sites excluding steroid dienone is 3. The molecule has 0 saturated carbocycles. The maximum absolute atomic E-state index is 12.8. The van der Waals surface area contributed by atoms with Gasteiger partial charge in [0.15, 0.2) is 0 Å². The predicted octanol–water partition coefficient (Wildman–Crippen LogP) is 3.27. The number of carbonyl (C=O) groups is 1. The van der Waals surface area contributed by atoms with Crippen LogP contribution in [-0.2, 0) is 0 Å². The van der Waals surface area contributed by atoms with E-state index in [9.17, 15) is 13.6 Å². The van der Waals surface area contributed by atoms with Gasteiger partial charge in [0.25, 0.3) is 5.92 Å². The summed E-state index contributed by atoms with van der Waals surface area (Å²) in [7, 11) is 3.18. The maximum atomic E-state index is 12.8. The molecule has 0 fully saturated rings. The third kappa shape index (κ3) is 4.69. The van der Waals surface area contributed by atoms with E-state index >= 15 is 0 Å². The first-order valence-electron chi connectivity index (χ1n) is 5.54. The van der Waals surface area contributed by atoms with E-state index in [4.69, 9.17) is 0 Å². The third-order valence-corrected chi connectivity index (χ3v) is 2.56. The van der Waals surface area contributed by atoms with Gasteiger partial charge in [-0.2, -0.15) is 0 Å². The Kier molecular flexibility index (Phi) is 5.75. The topological polar surface area (TPSA) is 23.6 Å². The summed E-state index contributed by atoms with van der Waals surface area (Å²) in [5.74, 6) is -2.97. The summed E-state index contributed by atoms with van der Waals surface area (Å²) in [4.78, 5) is 14.5. The number of rotatable bonds is 5. The van der Waals surface area contributed by atoms with E-state index in [2.05, 4.69) is 13.2 Å². The largest absolute Gasteiger partial charge is 0.328 e. The van der Waals surface area contributed by atoms with Gasteiger partial charge in [-0.25, -0.2) is 13.6 Å². The molecule has 0 saturated heterocycles. The van der Waals surface area contributed by atoms with Crippen LogP contribution in [0.1, 0.15) is 13.8 Å². The number of likely N-dealkylation sites (N-methyl/N-ethyl adjacent to an activating group) is 1. The molecule has 0 aliphatic rings. The Labute approximate surface area is 107 Å². The molecule has 18 heavy (non-hydrogen) atoms. The first-order valence-corrected chi connectivity index (χ1v) is 5.54. The minimum Gasteiger partial charge on any atom is -0.328 e. The Hall–Kier alpha value is -1.65. The summed E-state index contributed by atoms with van der Waals surface area (Å²) in [5, 5.41) is 0. The molecule has 0 aromatic heterocycles. The zero-order valence-electron chi connectivity index (χ0n) is 11.3. The molecule has 0 heterocycles. The molecule has 0 spiro atoms. The lowest BCUT2D eigenvalue weighted by atomic mass is 10.1. The van der Waals surface area contributed by atoms with E-state index in [1.807, 2.05) is 6.92 Å². The number of nitrogens with zero attached hydrogens (tertiary/aromatic N) is 2. The van der Waals surface area contributed by atoms with Crippen LogP contribution < -0.4 is 0 Å². The second-order valence-electron chi connectivity index (χ2n) is 4.09. The first kappa shape index (κ1) is 16.4. The molecule has 0 radical (unpaired) electrons. The Morgan fingerprint density at radius 3 is 2.17 bits per heavy atom. The Morgan fingerprint density at radius 2 is 1.78 bits per heavy atom. The zero-order valence-corrected chi connectivity index (χ0v) is 11.3. The highest BCUT2D eigenvalue weighted by Crippen LogP contribution is 2.22. The summed E-state index contributed by atoms with van der Waals surface area (Å²) in [6.07, 6.45) is 2.51. The average Bonchev–Trinajstić information content (AvgIpc) is 2.31. The van der Waals surface area contributed by atoms with Crippen molar-refractivity contribution in [2.75, 3.05) is 20.6 Å². The highest BCUT2D eigenvalue weighted by atomic mass is 19.3. The summed E-state index contributed by atoms with van der Waals surface area (Å²) >= 11 is 0. The zero-order chi connectivity index (χ0) is 14.5. The van der Waals surface area contributed by atoms with Crippen LogP contribution in [0.15, 0.2) is 36.6 Å². The molecule has 0 rings (SSSR count). The van der Waals surface area contributed by atoms with Crippen molar-refractivity contribution >= 4 is 6.03 Å². The van der Waals surface area contributed by atoms with E-state index in [0.717, 1.165) is 13.0 Å². The van der Waals surface area contributed by atoms with Crippen molar-refractivity contribution in [1.82, 2.24) is 9.80 Å². The van der Waals surface area contributed by atoms with Gasteiger partial charge in [0.2, 0.25) is 0 Å². The van der Waals surface area contributed by atoms with Crippen LogP contribution in [0.5, 0.6) is 0 Å². The third-order valence-electron chi connectivity index (χ3n) is 2.56. The van der Waals surface area contributed by atoms with E-state index in [0.29, 0.717) is 12.2 Å².